The van der Waals surface area contributed by atoms with Crippen LogP contribution in [-0.2, 0) is 17.7 Å². The van der Waals surface area contributed by atoms with Crippen LogP contribution in [0.15, 0.2) is 18.2 Å². The van der Waals surface area contributed by atoms with Crippen LogP contribution in [0.4, 0.5) is 0 Å². The molecule has 1 aromatic rings. The fourth-order valence-electron chi connectivity index (χ4n) is 2.28. The fraction of sp³-hybridized carbons (Fsp3) is 0.562. The number of fused-ring (bicyclic) bond motifs is 1. The lowest BCUT2D eigenvalue weighted by Crippen LogP contribution is -2.29. The minimum atomic E-state index is -0.0217. The summed E-state index contributed by atoms with van der Waals surface area (Å²) in [6.07, 6.45) is 1.04. The van der Waals surface area contributed by atoms with E-state index < -0.39 is 0 Å². The fourth-order valence-corrected chi connectivity index (χ4v) is 2.28. The Morgan fingerprint density at radius 3 is 3.05 bits per heavy atom. The van der Waals surface area contributed by atoms with Gasteiger partial charge >= 0.3 is 0 Å². The van der Waals surface area contributed by atoms with Gasteiger partial charge in [-0.25, -0.2) is 0 Å². The first kappa shape index (κ1) is 15.0. The van der Waals surface area contributed by atoms with Gasteiger partial charge in [-0.15, -0.1) is 0 Å². The van der Waals surface area contributed by atoms with Crippen molar-refractivity contribution in [2.75, 3.05) is 26.3 Å². The van der Waals surface area contributed by atoms with Gasteiger partial charge in [0.2, 0.25) is 0 Å². The normalized spacial score (nSPS) is 14.2. The monoisotopic (exact) mass is 276 g/mol. The van der Waals surface area contributed by atoms with Gasteiger partial charge in [-0.3, -0.25) is 4.79 Å². The van der Waals surface area contributed by atoms with Gasteiger partial charge in [-0.1, -0.05) is 19.9 Å². The lowest BCUT2D eigenvalue weighted by atomic mass is 9.98. The first-order valence-corrected chi connectivity index (χ1v) is 7.35. The van der Waals surface area contributed by atoms with Crippen molar-refractivity contribution in [2.24, 2.45) is 5.92 Å². The van der Waals surface area contributed by atoms with Crippen LogP contribution in [0, 0.1) is 5.92 Å². The highest BCUT2D eigenvalue weighted by molar-refractivity contribution is 5.94. The van der Waals surface area contributed by atoms with E-state index >= 15 is 0 Å². The summed E-state index contributed by atoms with van der Waals surface area (Å²) in [7, 11) is 0. The molecule has 1 aliphatic rings. The maximum absolute atomic E-state index is 12.0. The first-order valence-electron chi connectivity index (χ1n) is 7.35. The van der Waals surface area contributed by atoms with E-state index in [1.807, 2.05) is 12.1 Å². The van der Waals surface area contributed by atoms with Crippen molar-refractivity contribution < 1.29 is 9.53 Å². The molecule has 0 unspecified atom stereocenters. The van der Waals surface area contributed by atoms with E-state index in [-0.39, 0.29) is 5.91 Å². The lowest BCUT2D eigenvalue weighted by Gasteiger charge is -2.17. The second-order valence-corrected chi connectivity index (χ2v) is 5.63. The Balaban J connectivity index is 1.80. The van der Waals surface area contributed by atoms with Crippen LogP contribution in [0.25, 0.3) is 0 Å². The largest absolute Gasteiger partial charge is 0.379 e. The minimum absolute atomic E-state index is 0.0217. The molecule has 0 saturated heterocycles. The summed E-state index contributed by atoms with van der Waals surface area (Å²) in [5.74, 6) is 0.505. The molecule has 1 aliphatic heterocycles. The van der Waals surface area contributed by atoms with E-state index in [0.29, 0.717) is 19.1 Å². The number of rotatable bonds is 6. The van der Waals surface area contributed by atoms with Gasteiger partial charge in [0.05, 0.1) is 6.61 Å². The SMILES string of the molecule is CC(C)COCCNC(=O)c1ccc2c(c1)CNCC2. The minimum Gasteiger partial charge on any atom is -0.379 e. The van der Waals surface area contributed by atoms with Gasteiger partial charge in [-0.2, -0.15) is 0 Å². The number of nitrogens with one attached hydrogen (secondary N) is 2. The summed E-state index contributed by atoms with van der Waals surface area (Å²) in [6.45, 7) is 7.96. The van der Waals surface area contributed by atoms with Crippen molar-refractivity contribution in [3.8, 4) is 0 Å². The van der Waals surface area contributed by atoms with E-state index in [1.165, 1.54) is 11.1 Å². The van der Waals surface area contributed by atoms with Gasteiger partial charge in [0.1, 0.15) is 0 Å². The Morgan fingerprint density at radius 2 is 2.25 bits per heavy atom. The Labute approximate surface area is 120 Å². The number of amides is 1. The van der Waals surface area contributed by atoms with Gasteiger partial charge < -0.3 is 15.4 Å². The molecule has 0 bridgehead atoms. The second-order valence-electron chi connectivity index (χ2n) is 5.63. The smallest absolute Gasteiger partial charge is 0.251 e. The molecule has 0 spiro atoms. The van der Waals surface area contributed by atoms with Crippen LogP contribution in [-0.4, -0.2) is 32.2 Å². The van der Waals surface area contributed by atoms with Crippen molar-refractivity contribution >= 4 is 5.91 Å². The van der Waals surface area contributed by atoms with Gasteiger partial charge in [-0.05, 0) is 42.1 Å². The standard InChI is InChI=1S/C16H24N2O2/c1-12(2)11-20-8-7-18-16(19)14-4-3-13-5-6-17-10-15(13)9-14/h3-4,9,12,17H,5-8,10-11H2,1-2H3,(H,18,19). The maximum Gasteiger partial charge on any atom is 0.251 e. The number of ether oxygens (including phenoxy) is 1. The van der Waals surface area contributed by atoms with Crippen LogP contribution in [0.2, 0.25) is 0 Å². The molecule has 0 radical (unpaired) electrons. The molecule has 0 aromatic heterocycles. The molecule has 1 amide bonds. The molecular formula is C16H24N2O2. The molecule has 0 atom stereocenters. The summed E-state index contributed by atoms with van der Waals surface area (Å²) < 4.78 is 5.45. The quantitative estimate of drug-likeness (QED) is 0.778. The number of hydrogen-bond acceptors (Lipinski definition) is 3. The number of carbonyl (C=O) groups excluding carboxylic acids is 1. The van der Waals surface area contributed by atoms with Crippen molar-refractivity contribution in [1.29, 1.82) is 0 Å². The molecular weight excluding hydrogens is 252 g/mol. The highest BCUT2D eigenvalue weighted by Crippen LogP contribution is 2.15. The zero-order chi connectivity index (χ0) is 14.4. The van der Waals surface area contributed by atoms with E-state index in [9.17, 15) is 4.79 Å². The Kier molecular flexibility index (Phi) is 5.56. The number of hydrogen-bond donors (Lipinski definition) is 2. The average molecular weight is 276 g/mol. The molecule has 0 saturated carbocycles. The maximum atomic E-state index is 12.0. The van der Waals surface area contributed by atoms with Crippen LogP contribution in [0.5, 0.6) is 0 Å². The van der Waals surface area contributed by atoms with Crippen molar-refractivity contribution in [3.63, 3.8) is 0 Å². The molecule has 4 nitrogen and oxygen atoms in total. The lowest BCUT2D eigenvalue weighted by molar-refractivity contribution is 0.0886. The molecule has 110 valence electrons. The molecule has 0 fully saturated rings. The van der Waals surface area contributed by atoms with Crippen LogP contribution >= 0.6 is 0 Å². The second kappa shape index (κ2) is 7.41. The molecule has 20 heavy (non-hydrogen) atoms. The third kappa shape index (κ3) is 4.32. The molecule has 1 heterocycles. The van der Waals surface area contributed by atoms with Crippen molar-refractivity contribution in [2.45, 2.75) is 26.8 Å². The average Bonchev–Trinajstić information content (AvgIpc) is 2.46. The zero-order valence-corrected chi connectivity index (χ0v) is 12.4. The molecule has 1 aromatic carbocycles. The van der Waals surface area contributed by atoms with Crippen LogP contribution < -0.4 is 10.6 Å². The Bertz CT molecular complexity index is 458. The first-order chi connectivity index (χ1) is 9.66. The van der Waals surface area contributed by atoms with Crippen LogP contribution in [0.3, 0.4) is 0 Å². The number of carbonyl (C=O) groups is 1. The van der Waals surface area contributed by atoms with E-state index in [4.69, 9.17) is 4.74 Å². The highest BCUT2D eigenvalue weighted by atomic mass is 16.5. The summed E-state index contributed by atoms with van der Waals surface area (Å²) in [5, 5.41) is 6.22. The van der Waals surface area contributed by atoms with Gasteiger partial charge in [0.15, 0.2) is 0 Å². The molecule has 2 N–H and O–H groups in total. The van der Waals surface area contributed by atoms with Crippen molar-refractivity contribution in [1.82, 2.24) is 10.6 Å². The summed E-state index contributed by atoms with van der Waals surface area (Å²) in [4.78, 5) is 12.0. The van der Waals surface area contributed by atoms with E-state index in [2.05, 4.69) is 30.5 Å². The third-order valence-electron chi connectivity index (χ3n) is 3.34. The summed E-state index contributed by atoms with van der Waals surface area (Å²) in [6, 6.07) is 5.97. The van der Waals surface area contributed by atoms with E-state index in [0.717, 1.165) is 31.7 Å². The predicted octanol–water partition coefficient (Wildman–Crippen LogP) is 1.73. The molecule has 2 rings (SSSR count). The molecule has 4 heteroatoms. The zero-order valence-electron chi connectivity index (χ0n) is 12.4. The number of benzene rings is 1. The van der Waals surface area contributed by atoms with Crippen LogP contribution in [0.1, 0.15) is 35.3 Å². The van der Waals surface area contributed by atoms with Crippen molar-refractivity contribution in [3.05, 3.63) is 34.9 Å². The summed E-state index contributed by atoms with van der Waals surface area (Å²) >= 11 is 0. The highest BCUT2D eigenvalue weighted by Gasteiger charge is 2.12. The van der Waals surface area contributed by atoms with Gasteiger partial charge in [0.25, 0.3) is 5.91 Å². The topological polar surface area (TPSA) is 50.4 Å². The van der Waals surface area contributed by atoms with Gasteiger partial charge in [0, 0.05) is 25.3 Å². The Morgan fingerprint density at radius 1 is 1.40 bits per heavy atom. The predicted molar refractivity (Wildman–Crippen MR) is 79.8 cm³/mol. The molecule has 0 aliphatic carbocycles. The third-order valence-corrected chi connectivity index (χ3v) is 3.34. The van der Waals surface area contributed by atoms with E-state index in [1.54, 1.807) is 0 Å². The Hall–Kier alpha value is -1.39. The summed E-state index contributed by atoms with van der Waals surface area (Å²) in [5.41, 5.74) is 3.32.